The molecule has 0 aromatic heterocycles. The van der Waals surface area contributed by atoms with Crippen LogP contribution in [-0.4, -0.2) is 49.1 Å². The maximum Gasteiger partial charge on any atom is 0.236 e. The van der Waals surface area contributed by atoms with Crippen LogP contribution in [0.25, 0.3) is 0 Å². The van der Waals surface area contributed by atoms with Crippen molar-refractivity contribution in [1.82, 2.24) is 10.2 Å². The van der Waals surface area contributed by atoms with Crippen LogP contribution in [0.2, 0.25) is 0 Å². The SMILES string of the molecule is COc1ccc([C@H]2[C@H](CNC(=O)C3(SC)CC3)CCCN2C)cc1. The van der Waals surface area contributed by atoms with Crippen molar-refractivity contribution in [2.24, 2.45) is 5.92 Å². The summed E-state index contributed by atoms with van der Waals surface area (Å²) in [6.07, 6.45) is 6.44. The maximum atomic E-state index is 12.4. The van der Waals surface area contributed by atoms with Gasteiger partial charge in [-0.15, -0.1) is 11.8 Å². The van der Waals surface area contributed by atoms with Gasteiger partial charge in [0.2, 0.25) is 5.91 Å². The Morgan fingerprint density at radius 3 is 2.67 bits per heavy atom. The Morgan fingerprint density at radius 1 is 1.38 bits per heavy atom. The number of benzene rings is 1. The van der Waals surface area contributed by atoms with Gasteiger partial charge in [-0.2, -0.15) is 0 Å². The fourth-order valence-electron chi connectivity index (χ4n) is 3.82. The molecule has 24 heavy (non-hydrogen) atoms. The van der Waals surface area contributed by atoms with Gasteiger partial charge < -0.3 is 10.1 Å². The number of amides is 1. The number of nitrogens with zero attached hydrogens (tertiary/aromatic N) is 1. The molecule has 1 saturated carbocycles. The molecule has 0 bridgehead atoms. The highest BCUT2D eigenvalue weighted by Crippen LogP contribution is 2.47. The predicted octanol–water partition coefficient (Wildman–Crippen LogP) is 3.09. The smallest absolute Gasteiger partial charge is 0.236 e. The first-order valence-electron chi connectivity index (χ1n) is 8.77. The van der Waals surface area contributed by atoms with Crippen LogP contribution in [0.4, 0.5) is 0 Å². The number of likely N-dealkylation sites (tertiary alicyclic amines) is 1. The quantitative estimate of drug-likeness (QED) is 0.858. The molecule has 132 valence electrons. The van der Waals surface area contributed by atoms with Gasteiger partial charge in [0.25, 0.3) is 0 Å². The third kappa shape index (κ3) is 3.57. The summed E-state index contributed by atoms with van der Waals surface area (Å²) in [4.78, 5) is 14.9. The normalized spacial score (nSPS) is 26.0. The van der Waals surface area contributed by atoms with Gasteiger partial charge in [0.15, 0.2) is 0 Å². The van der Waals surface area contributed by atoms with Crippen LogP contribution < -0.4 is 10.1 Å². The minimum atomic E-state index is -0.129. The van der Waals surface area contributed by atoms with Crippen molar-refractivity contribution in [3.05, 3.63) is 29.8 Å². The number of carbonyl (C=O) groups is 1. The number of carbonyl (C=O) groups excluding carboxylic acids is 1. The molecule has 1 amide bonds. The second-order valence-corrected chi connectivity index (χ2v) is 8.20. The molecule has 1 heterocycles. The van der Waals surface area contributed by atoms with Crippen LogP contribution in [0.5, 0.6) is 5.75 Å². The van der Waals surface area contributed by atoms with E-state index in [0.29, 0.717) is 12.0 Å². The first-order chi connectivity index (χ1) is 11.6. The van der Waals surface area contributed by atoms with Gasteiger partial charge in [-0.25, -0.2) is 0 Å². The van der Waals surface area contributed by atoms with Crippen LogP contribution in [-0.2, 0) is 4.79 Å². The average molecular weight is 349 g/mol. The number of methoxy groups -OCH3 is 1. The van der Waals surface area contributed by atoms with Crippen LogP contribution in [0, 0.1) is 5.92 Å². The molecule has 5 heteroatoms. The summed E-state index contributed by atoms with van der Waals surface area (Å²) in [5.41, 5.74) is 1.31. The molecule has 1 aliphatic carbocycles. The van der Waals surface area contributed by atoms with E-state index in [0.717, 1.165) is 38.1 Å². The molecule has 0 unspecified atom stereocenters. The van der Waals surface area contributed by atoms with Gasteiger partial charge in [-0.1, -0.05) is 12.1 Å². The van der Waals surface area contributed by atoms with E-state index in [2.05, 4.69) is 29.4 Å². The summed E-state index contributed by atoms with van der Waals surface area (Å²) >= 11 is 1.70. The molecular weight excluding hydrogens is 320 g/mol. The van der Waals surface area contributed by atoms with Crippen LogP contribution in [0.1, 0.15) is 37.3 Å². The monoisotopic (exact) mass is 348 g/mol. The Kier molecular flexibility index (Phi) is 5.40. The first kappa shape index (κ1) is 17.6. The Balaban J connectivity index is 1.68. The van der Waals surface area contributed by atoms with Gasteiger partial charge >= 0.3 is 0 Å². The third-order valence-corrected chi connectivity index (χ3v) is 6.87. The van der Waals surface area contributed by atoms with Gasteiger partial charge in [-0.05, 0) is 69.1 Å². The number of hydrogen-bond donors (Lipinski definition) is 1. The molecule has 2 aliphatic rings. The minimum Gasteiger partial charge on any atom is -0.497 e. The van der Waals surface area contributed by atoms with E-state index in [9.17, 15) is 4.79 Å². The van der Waals surface area contributed by atoms with Crippen molar-refractivity contribution in [2.45, 2.75) is 36.5 Å². The highest BCUT2D eigenvalue weighted by molar-refractivity contribution is 8.01. The third-order valence-electron chi connectivity index (χ3n) is 5.50. The van der Waals surface area contributed by atoms with Crippen LogP contribution >= 0.6 is 11.8 Å². The topological polar surface area (TPSA) is 41.6 Å². The van der Waals surface area contributed by atoms with Gasteiger partial charge in [0, 0.05) is 12.6 Å². The number of ether oxygens (including phenoxy) is 1. The standard InChI is InChI=1S/C19H28N2O2S/c1-21-12-4-5-15(13-20-18(22)19(24-3)10-11-19)17(21)14-6-8-16(23-2)9-7-14/h6-9,15,17H,4-5,10-13H2,1-3H3,(H,20,22)/t15-,17-/m0/s1. The van der Waals surface area contributed by atoms with Crippen LogP contribution in [0.3, 0.4) is 0 Å². The van der Waals surface area contributed by atoms with Crippen LogP contribution in [0.15, 0.2) is 24.3 Å². The lowest BCUT2D eigenvalue weighted by molar-refractivity contribution is -0.121. The van der Waals surface area contributed by atoms with Crippen molar-refractivity contribution in [3.63, 3.8) is 0 Å². The van der Waals surface area contributed by atoms with E-state index in [1.165, 1.54) is 12.0 Å². The Morgan fingerprint density at radius 2 is 2.08 bits per heavy atom. The number of rotatable bonds is 6. The first-order valence-corrected chi connectivity index (χ1v) is 10.00. The zero-order valence-electron chi connectivity index (χ0n) is 14.9. The van der Waals surface area contributed by atoms with E-state index in [1.54, 1.807) is 18.9 Å². The molecular formula is C19H28N2O2S. The number of nitrogens with one attached hydrogen (secondary N) is 1. The second-order valence-electron chi connectivity index (χ2n) is 7.01. The summed E-state index contributed by atoms with van der Waals surface area (Å²) in [5.74, 6) is 1.58. The molecule has 0 radical (unpaired) electrons. The van der Waals surface area contributed by atoms with Crippen molar-refractivity contribution in [3.8, 4) is 5.75 Å². The minimum absolute atomic E-state index is 0.129. The largest absolute Gasteiger partial charge is 0.497 e. The number of hydrogen-bond acceptors (Lipinski definition) is 4. The molecule has 2 atom stereocenters. The second kappa shape index (κ2) is 7.36. The molecule has 1 aromatic carbocycles. The van der Waals surface area contributed by atoms with E-state index in [4.69, 9.17) is 4.74 Å². The van der Waals surface area contributed by atoms with E-state index in [-0.39, 0.29) is 10.7 Å². The predicted molar refractivity (Wildman–Crippen MR) is 99.6 cm³/mol. The summed E-state index contributed by atoms with van der Waals surface area (Å²) in [7, 11) is 3.88. The Bertz CT molecular complexity index is 571. The summed E-state index contributed by atoms with van der Waals surface area (Å²) in [6, 6.07) is 8.73. The van der Waals surface area contributed by atoms with E-state index >= 15 is 0 Å². The molecule has 2 fully saturated rings. The average Bonchev–Trinajstić information content (AvgIpc) is 3.41. The zero-order valence-corrected chi connectivity index (χ0v) is 15.7. The lowest BCUT2D eigenvalue weighted by atomic mass is 9.85. The van der Waals surface area contributed by atoms with Gasteiger partial charge in [0.05, 0.1) is 11.9 Å². The summed E-state index contributed by atoms with van der Waals surface area (Å²) in [6.45, 7) is 1.87. The van der Waals surface area contributed by atoms with Crippen molar-refractivity contribution < 1.29 is 9.53 Å². The highest BCUT2D eigenvalue weighted by atomic mass is 32.2. The molecule has 1 aliphatic heterocycles. The Hall–Kier alpha value is -1.20. The maximum absolute atomic E-state index is 12.4. The highest BCUT2D eigenvalue weighted by Gasteiger charge is 2.49. The number of thioether (sulfide) groups is 1. The van der Waals surface area contributed by atoms with Crippen molar-refractivity contribution in [1.29, 1.82) is 0 Å². The molecule has 4 nitrogen and oxygen atoms in total. The lowest BCUT2D eigenvalue weighted by Crippen LogP contribution is -2.44. The molecule has 3 rings (SSSR count). The Labute approximate surface area is 149 Å². The molecule has 1 N–H and O–H groups in total. The summed E-state index contributed by atoms with van der Waals surface area (Å²) < 4.78 is 5.14. The van der Waals surface area contributed by atoms with Gasteiger partial charge in [-0.3, -0.25) is 9.69 Å². The van der Waals surface area contributed by atoms with Crippen molar-refractivity contribution >= 4 is 17.7 Å². The molecule has 1 saturated heterocycles. The van der Waals surface area contributed by atoms with E-state index < -0.39 is 0 Å². The zero-order chi connectivity index (χ0) is 17.2. The van der Waals surface area contributed by atoms with E-state index in [1.807, 2.05) is 18.4 Å². The lowest BCUT2D eigenvalue weighted by Gasteiger charge is -2.40. The van der Waals surface area contributed by atoms with Crippen molar-refractivity contribution in [2.75, 3.05) is 33.5 Å². The van der Waals surface area contributed by atoms with Gasteiger partial charge in [0.1, 0.15) is 5.75 Å². The fraction of sp³-hybridized carbons (Fsp3) is 0.632. The molecule has 0 spiro atoms. The fourth-order valence-corrected chi connectivity index (χ4v) is 4.59. The molecule has 1 aromatic rings. The summed E-state index contributed by atoms with van der Waals surface area (Å²) in [5, 5.41) is 3.24. The number of piperidine rings is 1.